The fraction of sp³-hybridized carbons (Fsp3) is 0.435. The van der Waals surface area contributed by atoms with Crippen LogP contribution in [0.3, 0.4) is 0 Å². The molecule has 1 fully saturated rings. The molecule has 1 aliphatic rings. The molecule has 0 aliphatic heterocycles. The summed E-state index contributed by atoms with van der Waals surface area (Å²) in [4.78, 5) is 40.0. The van der Waals surface area contributed by atoms with Gasteiger partial charge in [0.05, 0.1) is 11.4 Å². The van der Waals surface area contributed by atoms with Gasteiger partial charge in [0.25, 0.3) is 5.91 Å². The number of anilines is 1. The van der Waals surface area contributed by atoms with Gasteiger partial charge in [0.1, 0.15) is 6.54 Å². The molecular weight excluding hydrogens is 398 g/mol. The van der Waals surface area contributed by atoms with Gasteiger partial charge in [-0.1, -0.05) is 43.0 Å². The monoisotopic (exact) mass is 427 g/mol. The largest absolute Gasteiger partial charge is 0.352 e. The van der Waals surface area contributed by atoms with Gasteiger partial charge in [-0.25, -0.2) is 0 Å². The lowest BCUT2D eigenvalue weighted by molar-refractivity contribution is -0.124. The van der Waals surface area contributed by atoms with Crippen LogP contribution in [0, 0.1) is 13.8 Å². The number of amides is 3. The van der Waals surface area contributed by atoms with E-state index in [-0.39, 0.29) is 36.9 Å². The van der Waals surface area contributed by atoms with Gasteiger partial charge < -0.3 is 15.5 Å². The minimum Gasteiger partial charge on any atom is -0.352 e. The molecule has 1 aromatic carbocycles. The Kier molecular flexibility index (Phi) is 7.63. The Bertz CT molecular complexity index is 889. The third kappa shape index (κ3) is 5.92. The second-order valence-corrected chi connectivity index (χ2v) is 8.78. The number of nitrogens with zero attached hydrogens (tertiary/aromatic N) is 1. The maximum Gasteiger partial charge on any atom is 0.261 e. The van der Waals surface area contributed by atoms with E-state index in [2.05, 4.69) is 10.6 Å². The maximum absolute atomic E-state index is 13.0. The lowest BCUT2D eigenvalue weighted by Crippen LogP contribution is -2.47. The summed E-state index contributed by atoms with van der Waals surface area (Å²) in [5.74, 6) is -0.768. The minimum absolute atomic E-state index is 0.0614. The van der Waals surface area contributed by atoms with Crippen LogP contribution in [0.1, 0.15) is 52.9 Å². The quantitative estimate of drug-likeness (QED) is 0.709. The SMILES string of the molecule is Cc1ccc(N(CC(=O)NC2CCCCC2)C(=O)CNC(=O)c2cccs2)c(C)c1. The Hall–Kier alpha value is -2.67. The second kappa shape index (κ2) is 10.4. The van der Waals surface area contributed by atoms with Crippen molar-refractivity contribution in [1.82, 2.24) is 10.6 Å². The number of hydrogen-bond acceptors (Lipinski definition) is 4. The van der Waals surface area contributed by atoms with Gasteiger partial charge in [0, 0.05) is 11.7 Å². The lowest BCUT2D eigenvalue weighted by Gasteiger charge is -2.27. The van der Waals surface area contributed by atoms with Crippen LogP contribution in [0.25, 0.3) is 0 Å². The van der Waals surface area contributed by atoms with Crippen LogP contribution in [0.15, 0.2) is 35.7 Å². The molecule has 0 radical (unpaired) electrons. The number of carbonyl (C=O) groups is 3. The van der Waals surface area contributed by atoms with Crippen molar-refractivity contribution in [2.24, 2.45) is 0 Å². The molecule has 1 aliphatic carbocycles. The fourth-order valence-corrected chi connectivity index (χ4v) is 4.47. The third-order valence-corrected chi connectivity index (χ3v) is 6.23. The van der Waals surface area contributed by atoms with Gasteiger partial charge in [0.2, 0.25) is 11.8 Å². The number of benzene rings is 1. The molecule has 160 valence electrons. The average molecular weight is 428 g/mol. The zero-order valence-electron chi connectivity index (χ0n) is 17.6. The summed E-state index contributed by atoms with van der Waals surface area (Å²) in [7, 11) is 0. The molecule has 1 saturated carbocycles. The first kappa shape index (κ1) is 22.0. The van der Waals surface area contributed by atoms with Crippen LogP contribution in [0.4, 0.5) is 5.69 Å². The van der Waals surface area contributed by atoms with Crippen LogP contribution >= 0.6 is 11.3 Å². The molecular formula is C23H29N3O3S. The number of nitrogens with one attached hydrogen (secondary N) is 2. The summed E-state index contributed by atoms with van der Waals surface area (Å²) in [6.45, 7) is 3.68. The summed E-state index contributed by atoms with van der Waals surface area (Å²) in [5.41, 5.74) is 2.69. The third-order valence-electron chi connectivity index (χ3n) is 5.36. The molecule has 2 N–H and O–H groups in total. The van der Waals surface area contributed by atoms with Crippen LogP contribution < -0.4 is 15.5 Å². The molecule has 1 aromatic heterocycles. The van der Waals surface area contributed by atoms with Crippen molar-refractivity contribution in [2.45, 2.75) is 52.0 Å². The summed E-state index contributed by atoms with van der Waals surface area (Å²) in [6, 6.07) is 9.45. The summed E-state index contributed by atoms with van der Waals surface area (Å²) >= 11 is 1.32. The van der Waals surface area contributed by atoms with Crippen LogP contribution in [-0.4, -0.2) is 36.9 Å². The van der Waals surface area contributed by atoms with Crippen molar-refractivity contribution in [3.63, 3.8) is 0 Å². The Morgan fingerprint density at radius 1 is 1.10 bits per heavy atom. The number of rotatable bonds is 7. The molecule has 6 nitrogen and oxygen atoms in total. The van der Waals surface area contributed by atoms with E-state index >= 15 is 0 Å². The molecule has 7 heteroatoms. The maximum atomic E-state index is 13.0. The highest BCUT2D eigenvalue weighted by Gasteiger charge is 2.23. The van der Waals surface area contributed by atoms with E-state index in [1.165, 1.54) is 22.7 Å². The number of aryl methyl sites for hydroxylation is 2. The Morgan fingerprint density at radius 3 is 2.53 bits per heavy atom. The number of hydrogen-bond donors (Lipinski definition) is 2. The lowest BCUT2D eigenvalue weighted by atomic mass is 9.95. The molecule has 0 spiro atoms. The smallest absolute Gasteiger partial charge is 0.261 e. The van der Waals surface area contributed by atoms with Gasteiger partial charge in [-0.3, -0.25) is 14.4 Å². The van der Waals surface area contributed by atoms with E-state index in [1.54, 1.807) is 12.1 Å². The Labute approximate surface area is 181 Å². The van der Waals surface area contributed by atoms with Crippen molar-refractivity contribution < 1.29 is 14.4 Å². The van der Waals surface area contributed by atoms with E-state index in [1.807, 2.05) is 37.4 Å². The van der Waals surface area contributed by atoms with E-state index < -0.39 is 0 Å². The molecule has 0 atom stereocenters. The molecule has 2 aromatic rings. The highest BCUT2D eigenvalue weighted by Crippen LogP contribution is 2.22. The molecule has 0 saturated heterocycles. The normalized spacial score (nSPS) is 14.2. The van der Waals surface area contributed by atoms with E-state index in [4.69, 9.17) is 0 Å². The molecule has 0 bridgehead atoms. The molecule has 1 heterocycles. The topological polar surface area (TPSA) is 78.5 Å². The van der Waals surface area contributed by atoms with Crippen molar-refractivity contribution in [3.05, 3.63) is 51.7 Å². The van der Waals surface area contributed by atoms with Crippen molar-refractivity contribution in [3.8, 4) is 0 Å². The zero-order chi connectivity index (χ0) is 21.5. The minimum atomic E-state index is -0.314. The van der Waals surface area contributed by atoms with E-state index in [0.717, 1.165) is 36.8 Å². The number of carbonyl (C=O) groups excluding carboxylic acids is 3. The molecule has 0 unspecified atom stereocenters. The first-order valence-corrected chi connectivity index (χ1v) is 11.3. The molecule has 3 rings (SSSR count). The van der Waals surface area contributed by atoms with Gasteiger partial charge in [0.15, 0.2) is 0 Å². The molecule has 3 amide bonds. The highest BCUT2D eigenvalue weighted by atomic mass is 32.1. The summed E-state index contributed by atoms with van der Waals surface area (Å²) < 4.78 is 0. The second-order valence-electron chi connectivity index (χ2n) is 7.83. The van der Waals surface area contributed by atoms with Crippen molar-refractivity contribution in [1.29, 1.82) is 0 Å². The van der Waals surface area contributed by atoms with Crippen molar-refractivity contribution in [2.75, 3.05) is 18.0 Å². The Balaban J connectivity index is 1.70. The van der Waals surface area contributed by atoms with Gasteiger partial charge in [-0.2, -0.15) is 0 Å². The van der Waals surface area contributed by atoms with Gasteiger partial charge in [-0.05, 0) is 49.8 Å². The van der Waals surface area contributed by atoms with Gasteiger partial charge in [-0.15, -0.1) is 11.3 Å². The van der Waals surface area contributed by atoms with E-state index in [9.17, 15) is 14.4 Å². The first-order valence-electron chi connectivity index (χ1n) is 10.4. The van der Waals surface area contributed by atoms with Crippen LogP contribution in [0.5, 0.6) is 0 Å². The fourth-order valence-electron chi connectivity index (χ4n) is 3.83. The zero-order valence-corrected chi connectivity index (χ0v) is 18.4. The van der Waals surface area contributed by atoms with Crippen LogP contribution in [0.2, 0.25) is 0 Å². The average Bonchev–Trinajstić information content (AvgIpc) is 3.26. The first-order chi connectivity index (χ1) is 14.4. The standard InChI is InChI=1S/C23H29N3O3S/c1-16-10-11-19(17(2)13-16)26(15-21(27)25-18-7-4-3-5-8-18)22(28)14-24-23(29)20-9-6-12-30-20/h6,9-13,18H,3-5,7-8,14-15H2,1-2H3,(H,24,29)(H,25,27). The Morgan fingerprint density at radius 2 is 1.87 bits per heavy atom. The van der Waals surface area contributed by atoms with Crippen molar-refractivity contribution >= 4 is 34.7 Å². The summed E-state index contributed by atoms with van der Waals surface area (Å²) in [5, 5.41) is 7.56. The predicted octanol–water partition coefficient (Wildman–Crippen LogP) is 3.58. The van der Waals surface area contributed by atoms with Crippen LogP contribution in [-0.2, 0) is 9.59 Å². The predicted molar refractivity (Wildman–Crippen MR) is 120 cm³/mol. The highest BCUT2D eigenvalue weighted by molar-refractivity contribution is 7.12. The summed E-state index contributed by atoms with van der Waals surface area (Å²) in [6.07, 6.45) is 5.43. The number of thiophene rings is 1. The molecule has 30 heavy (non-hydrogen) atoms. The van der Waals surface area contributed by atoms with E-state index in [0.29, 0.717) is 10.6 Å². The van der Waals surface area contributed by atoms with Gasteiger partial charge >= 0.3 is 0 Å².